The molecule has 1 amide bonds. The standard InChI is InChI=1S/C26H25N9O3/c1-16(14-35-15-30-33-34-35)38-24-10-17(3-4-19(24)11-27)20-12-28-26(29-13-20)32-22-9-18(5-8-23(22)37-2)25(36)31-21-6-7-21/h3-5,8-10,12-13,15-16,21H,6-7,14H2,1-2H3,(H,31,36)(H,28,29,32)/t16-/m0/s1. The largest absolute Gasteiger partial charge is 0.495 e. The van der Waals surface area contributed by atoms with Gasteiger partial charge in [0.15, 0.2) is 0 Å². The topological polar surface area (TPSA) is 153 Å². The molecular weight excluding hydrogens is 486 g/mol. The molecule has 2 heterocycles. The minimum atomic E-state index is -0.277. The van der Waals surface area contributed by atoms with Gasteiger partial charge in [0.05, 0.1) is 24.9 Å². The maximum atomic E-state index is 12.5. The van der Waals surface area contributed by atoms with E-state index in [1.54, 1.807) is 54.5 Å². The summed E-state index contributed by atoms with van der Waals surface area (Å²) in [6, 6.07) is 12.9. The zero-order valence-electron chi connectivity index (χ0n) is 20.8. The third-order valence-corrected chi connectivity index (χ3v) is 5.87. The van der Waals surface area contributed by atoms with Crippen LogP contribution in [0.2, 0.25) is 0 Å². The van der Waals surface area contributed by atoms with Gasteiger partial charge in [-0.15, -0.1) is 5.10 Å². The smallest absolute Gasteiger partial charge is 0.251 e. The van der Waals surface area contributed by atoms with E-state index in [2.05, 4.69) is 42.2 Å². The number of amides is 1. The molecule has 0 saturated heterocycles. The van der Waals surface area contributed by atoms with E-state index >= 15 is 0 Å². The lowest BCUT2D eigenvalue weighted by Crippen LogP contribution is -2.25. The highest BCUT2D eigenvalue weighted by molar-refractivity contribution is 5.96. The van der Waals surface area contributed by atoms with Crippen LogP contribution in [0, 0.1) is 11.3 Å². The first kappa shape index (κ1) is 24.6. The van der Waals surface area contributed by atoms with Crippen molar-refractivity contribution in [1.82, 2.24) is 35.5 Å². The van der Waals surface area contributed by atoms with E-state index in [1.807, 2.05) is 13.0 Å². The molecular formula is C26H25N9O3. The number of aromatic nitrogens is 6. The molecule has 1 aliphatic carbocycles. The lowest BCUT2D eigenvalue weighted by atomic mass is 10.1. The Morgan fingerprint density at radius 1 is 1.16 bits per heavy atom. The highest BCUT2D eigenvalue weighted by atomic mass is 16.5. The van der Waals surface area contributed by atoms with Crippen molar-refractivity contribution in [3.8, 4) is 28.7 Å². The van der Waals surface area contributed by atoms with Crippen LogP contribution >= 0.6 is 0 Å². The van der Waals surface area contributed by atoms with Gasteiger partial charge in [-0.2, -0.15) is 5.26 Å². The molecule has 1 aliphatic rings. The van der Waals surface area contributed by atoms with Gasteiger partial charge in [-0.1, -0.05) is 6.07 Å². The first-order valence-electron chi connectivity index (χ1n) is 12.0. The number of ether oxygens (including phenoxy) is 2. The Kier molecular flexibility index (Phi) is 7.08. The SMILES string of the molecule is COc1ccc(C(=O)NC2CC2)cc1Nc1ncc(-c2ccc(C#N)c(O[C@@H](C)Cn3cnnn3)c2)cn1. The second kappa shape index (κ2) is 10.9. The van der Waals surface area contributed by atoms with Gasteiger partial charge in [0, 0.05) is 29.6 Å². The number of nitrogens with one attached hydrogen (secondary N) is 2. The molecule has 4 aromatic rings. The molecule has 5 rings (SSSR count). The number of nitrogens with zero attached hydrogens (tertiary/aromatic N) is 7. The molecule has 2 aromatic heterocycles. The van der Waals surface area contributed by atoms with Gasteiger partial charge in [-0.25, -0.2) is 14.6 Å². The van der Waals surface area contributed by atoms with E-state index < -0.39 is 0 Å². The van der Waals surface area contributed by atoms with Crippen LogP contribution < -0.4 is 20.1 Å². The summed E-state index contributed by atoms with van der Waals surface area (Å²) in [6.07, 6.45) is 6.59. The minimum absolute atomic E-state index is 0.124. The Bertz CT molecular complexity index is 1460. The van der Waals surface area contributed by atoms with Crippen molar-refractivity contribution < 1.29 is 14.3 Å². The van der Waals surface area contributed by atoms with Crippen molar-refractivity contribution in [2.24, 2.45) is 0 Å². The van der Waals surface area contributed by atoms with E-state index in [-0.39, 0.29) is 18.1 Å². The molecule has 0 radical (unpaired) electrons. The molecule has 0 spiro atoms. The molecule has 1 saturated carbocycles. The number of hydrogen-bond donors (Lipinski definition) is 2. The maximum Gasteiger partial charge on any atom is 0.251 e. The predicted molar refractivity (Wildman–Crippen MR) is 137 cm³/mol. The Hall–Kier alpha value is -5.05. The summed E-state index contributed by atoms with van der Waals surface area (Å²) >= 11 is 0. The zero-order valence-corrected chi connectivity index (χ0v) is 20.8. The summed E-state index contributed by atoms with van der Waals surface area (Å²) in [5.74, 6) is 1.22. The van der Waals surface area contributed by atoms with E-state index in [9.17, 15) is 10.1 Å². The van der Waals surface area contributed by atoms with E-state index in [1.165, 1.54) is 6.33 Å². The molecule has 12 nitrogen and oxygen atoms in total. The van der Waals surface area contributed by atoms with E-state index in [0.717, 1.165) is 24.0 Å². The normalized spacial score (nSPS) is 13.3. The number of carbonyl (C=O) groups is 1. The van der Waals surface area contributed by atoms with Crippen LogP contribution in [-0.2, 0) is 6.54 Å². The van der Waals surface area contributed by atoms with Gasteiger partial charge in [0.1, 0.15) is 30.0 Å². The lowest BCUT2D eigenvalue weighted by molar-refractivity contribution is 0.0951. The Morgan fingerprint density at radius 3 is 2.66 bits per heavy atom. The van der Waals surface area contributed by atoms with Crippen molar-refractivity contribution in [3.63, 3.8) is 0 Å². The number of benzene rings is 2. The first-order valence-corrected chi connectivity index (χ1v) is 12.0. The fourth-order valence-corrected chi connectivity index (χ4v) is 3.78. The number of anilines is 2. The summed E-state index contributed by atoms with van der Waals surface area (Å²) in [4.78, 5) is 21.3. The molecule has 1 atom stereocenters. The van der Waals surface area contributed by atoms with Crippen LogP contribution in [0.3, 0.4) is 0 Å². The van der Waals surface area contributed by atoms with Crippen molar-refractivity contribution in [2.45, 2.75) is 38.5 Å². The fraction of sp³-hybridized carbons (Fsp3) is 0.269. The number of nitriles is 1. The van der Waals surface area contributed by atoms with Crippen molar-refractivity contribution in [1.29, 1.82) is 5.26 Å². The molecule has 38 heavy (non-hydrogen) atoms. The Balaban J connectivity index is 1.31. The number of hydrogen-bond acceptors (Lipinski definition) is 10. The number of carbonyl (C=O) groups excluding carboxylic acids is 1. The molecule has 0 bridgehead atoms. The van der Waals surface area contributed by atoms with Gasteiger partial charge in [0.2, 0.25) is 5.95 Å². The quantitative estimate of drug-likeness (QED) is 0.325. The van der Waals surface area contributed by atoms with Crippen LogP contribution in [0.4, 0.5) is 11.6 Å². The molecule has 0 unspecified atom stereocenters. The molecule has 1 fully saturated rings. The van der Waals surface area contributed by atoms with Gasteiger partial charge in [-0.05, 0) is 66.1 Å². The lowest BCUT2D eigenvalue weighted by Gasteiger charge is -2.16. The van der Waals surface area contributed by atoms with Crippen molar-refractivity contribution in [2.75, 3.05) is 12.4 Å². The van der Waals surface area contributed by atoms with E-state index in [4.69, 9.17) is 9.47 Å². The second-order valence-corrected chi connectivity index (χ2v) is 8.87. The van der Waals surface area contributed by atoms with Crippen molar-refractivity contribution >= 4 is 17.5 Å². The van der Waals surface area contributed by atoms with Crippen LogP contribution in [0.25, 0.3) is 11.1 Å². The molecule has 192 valence electrons. The van der Waals surface area contributed by atoms with Crippen LogP contribution in [0.1, 0.15) is 35.7 Å². The molecule has 0 aliphatic heterocycles. The van der Waals surface area contributed by atoms with Gasteiger partial charge < -0.3 is 20.1 Å². The Morgan fingerprint density at radius 2 is 1.97 bits per heavy atom. The number of rotatable bonds is 10. The average Bonchev–Trinajstić information content (AvgIpc) is 3.60. The van der Waals surface area contributed by atoms with Crippen LogP contribution in [-0.4, -0.2) is 55.3 Å². The average molecular weight is 512 g/mol. The summed E-state index contributed by atoms with van der Waals surface area (Å²) in [5.41, 5.74) is 3.04. The minimum Gasteiger partial charge on any atom is -0.495 e. The predicted octanol–water partition coefficient (Wildman–Crippen LogP) is 3.11. The first-order chi connectivity index (χ1) is 18.5. The zero-order chi connectivity index (χ0) is 26.5. The molecule has 12 heteroatoms. The Labute approximate surface area is 218 Å². The van der Waals surface area contributed by atoms with Crippen LogP contribution in [0.5, 0.6) is 11.5 Å². The van der Waals surface area contributed by atoms with Crippen molar-refractivity contribution in [3.05, 3.63) is 66.2 Å². The highest BCUT2D eigenvalue weighted by Gasteiger charge is 2.24. The monoisotopic (exact) mass is 511 g/mol. The van der Waals surface area contributed by atoms with Gasteiger partial charge in [0.25, 0.3) is 5.91 Å². The third kappa shape index (κ3) is 5.84. The molecule has 2 aromatic carbocycles. The fourth-order valence-electron chi connectivity index (χ4n) is 3.78. The summed E-state index contributed by atoms with van der Waals surface area (Å²) in [5, 5.41) is 26.7. The highest BCUT2D eigenvalue weighted by Crippen LogP contribution is 2.30. The molecule has 2 N–H and O–H groups in total. The number of methoxy groups -OCH3 is 1. The summed E-state index contributed by atoms with van der Waals surface area (Å²) in [6.45, 7) is 2.30. The maximum absolute atomic E-state index is 12.5. The van der Waals surface area contributed by atoms with Gasteiger partial charge >= 0.3 is 0 Å². The summed E-state index contributed by atoms with van der Waals surface area (Å²) < 4.78 is 13.0. The van der Waals surface area contributed by atoms with Crippen LogP contribution in [0.15, 0.2) is 55.1 Å². The van der Waals surface area contributed by atoms with E-state index in [0.29, 0.717) is 40.8 Å². The third-order valence-electron chi connectivity index (χ3n) is 5.87. The number of tetrazole rings is 1. The second-order valence-electron chi connectivity index (χ2n) is 8.87. The van der Waals surface area contributed by atoms with Gasteiger partial charge in [-0.3, -0.25) is 4.79 Å². The summed E-state index contributed by atoms with van der Waals surface area (Å²) in [7, 11) is 1.56.